The molecule has 0 aromatic carbocycles. The third kappa shape index (κ3) is 2.35. The molecule has 0 aliphatic carbocycles. The molecule has 70 valence electrons. The second kappa shape index (κ2) is 4.10. The average molecular weight is 192 g/mol. The molecule has 0 amide bonds. The van der Waals surface area contributed by atoms with Gasteiger partial charge in [-0.1, -0.05) is 0 Å². The predicted octanol–water partition coefficient (Wildman–Crippen LogP) is 1.16. The van der Waals surface area contributed by atoms with Crippen LogP contribution in [0.25, 0.3) is 0 Å². The lowest BCUT2D eigenvalue weighted by atomic mass is 10.1. The van der Waals surface area contributed by atoms with Crippen LogP contribution in [0.3, 0.4) is 0 Å². The first-order valence-electron chi connectivity index (χ1n) is 4.22. The largest absolute Gasteiger partial charge is 0.480 e. The molecule has 1 saturated heterocycles. The molecule has 1 N–H and O–H groups in total. The van der Waals surface area contributed by atoms with E-state index in [1.54, 1.807) is 6.92 Å². The van der Waals surface area contributed by atoms with E-state index in [0.29, 0.717) is 6.54 Å². The first-order chi connectivity index (χ1) is 5.61. The van der Waals surface area contributed by atoms with Crippen molar-refractivity contribution in [2.45, 2.75) is 31.2 Å². The molecule has 4 heteroatoms. The number of alkyl halides is 1. The Bertz CT molecular complexity index is 174. The summed E-state index contributed by atoms with van der Waals surface area (Å²) >= 11 is 5.93. The van der Waals surface area contributed by atoms with Crippen LogP contribution < -0.4 is 0 Å². The summed E-state index contributed by atoms with van der Waals surface area (Å²) in [6.07, 6.45) is 2.01. The van der Waals surface area contributed by atoms with E-state index < -0.39 is 12.0 Å². The Morgan fingerprint density at radius 2 is 2.42 bits per heavy atom. The van der Waals surface area contributed by atoms with Crippen LogP contribution in [0.2, 0.25) is 0 Å². The third-order valence-corrected chi connectivity index (χ3v) is 2.66. The van der Waals surface area contributed by atoms with Crippen LogP contribution in [0.5, 0.6) is 0 Å². The topological polar surface area (TPSA) is 40.5 Å². The third-order valence-electron chi connectivity index (χ3n) is 2.30. The van der Waals surface area contributed by atoms with E-state index in [1.807, 2.05) is 4.90 Å². The Morgan fingerprint density at radius 1 is 1.75 bits per heavy atom. The van der Waals surface area contributed by atoms with Crippen LogP contribution in [-0.4, -0.2) is 40.5 Å². The molecule has 0 spiro atoms. The van der Waals surface area contributed by atoms with Crippen LogP contribution in [0, 0.1) is 0 Å². The van der Waals surface area contributed by atoms with Crippen molar-refractivity contribution in [3.63, 3.8) is 0 Å². The zero-order chi connectivity index (χ0) is 9.14. The monoisotopic (exact) mass is 191 g/mol. The fraction of sp³-hybridized carbons (Fsp3) is 0.875. The summed E-state index contributed by atoms with van der Waals surface area (Å²) in [5, 5.41) is 8.86. The lowest BCUT2D eigenvalue weighted by molar-refractivity contribution is -0.142. The number of likely N-dealkylation sites (tertiary alicyclic amines) is 1. The van der Waals surface area contributed by atoms with Crippen LogP contribution in [-0.2, 0) is 4.79 Å². The van der Waals surface area contributed by atoms with E-state index >= 15 is 0 Å². The van der Waals surface area contributed by atoms with Crippen molar-refractivity contribution in [1.29, 1.82) is 0 Å². The minimum Gasteiger partial charge on any atom is -0.480 e. The molecule has 12 heavy (non-hydrogen) atoms. The molecule has 1 rings (SSSR count). The summed E-state index contributed by atoms with van der Waals surface area (Å²) in [5.74, 6) is -0.763. The van der Waals surface area contributed by atoms with E-state index in [9.17, 15) is 4.79 Å². The van der Waals surface area contributed by atoms with Crippen molar-refractivity contribution in [3.8, 4) is 0 Å². The number of carboxylic acids is 1. The molecule has 2 unspecified atom stereocenters. The fourth-order valence-electron chi connectivity index (χ4n) is 1.46. The minimum absolute atomic E-state index is 0.126. The van der Waals surface area contributed by atoms with Crippen molar-refractivity contribution in [2.75, 3.05) is 13.1 Å². The van der Waals surface area contributed by atoms with Gasteiger partial charge in [-0.15, -0.1) is 11.6 Å². The summed E-state index contributed by atoms with van der Waals surface area (Å²) < 4.78 is 0. The number of aliphatic carboxylic acids is 1. The van der Waals surface area contributed by atoms with Gasteiger partial charge in [0.15, 0.2) is 0 Å². The number of piperidine rings is 1. The molecule has 0 bridgehead atoms. The van der Waals surface area contributed by atoms with E-state index in [4.69, 9.17) is 16.7 Å². The van der Waals surface area contributed by atoms with Gasteiger partial charge < -0.3 is 5.11 Å². The summed E-state index contributed by atoms with van der Waals surface area (Å²) in [5.41, 5.74) is 0. The van der Waals surface area contributed by atoms with Crippen molar-refractivity contribution in [1.82, 2.24) is 4.90 Å². The maximum absolute atomic E-state index is 10.6. The molecule has 0 aromatic heterocycles. The number of nitrogens with zero attached hydrogens (tertiary/aromatic N) is 1. The second-order valence-corrected chi connectivity index (χ2v) is 3.87. The lowest BCUT2D eigenvalue weighted by Crippen LogP contribution is -2.45. The van der Waals surface area contributed by atoms with Crippen LogP contribution >= 0.6 is 11.6 Å². The Labute approximate surface area is 77.3 Å². The Kier molecular flexibility index (Phi) is 3.35. The molecule has 0 radical (unpaired) electrons. The zero-order valence-electron chi connectivity index (χ0n) is 7.16. The van der Waals surface area contributed by atoms with Crippen molar-refractivity contribution in [2.24, 2.45) is 0 Å². The van der Waals surface area contributed by atoms with Gasteiger partial charge in [0.25, 0.3) is 0 Å². The summed E-state index contributed by atoms with van der Waals surface area (Å²) in [6.45, 7) is 3.27. The van der Waals surface area contributed by atoms with Gasteiger partial charge in [-0.2, -0.15) is 0 Å². The van der Waals surface area contributed by atoms with Gasteiger partial charge >= 0.3 is 5.97 Å². The average Bonchev–Trinajstić information content (AvgIpc) is 2.03. The van der Waals surface area contributed by atoms with Gasteiger partial charge in [0, 0.05) is 11.9 Å². The molecule has 1 heterocycles. The zero-order valence-corrected chi connectivity index (χ0v) is 7.92. The summed E-state index contributed by atoms with van der Waals surface area (Å²) in [7, 11) is 0. The maximum Gasteiger partial charge on any atom is 0.320 e. The highest BCUT2D eigenvalue weighted by Crippen LogP contribution is 2.16. The number of carbonyl (C=O) groups is 1. The van der Waals surface area contributed by atoms with Gasteiger partial charge in [0.05, 0.1) is 0 Å². The highest BCUT2D eigenvalue weighted by atomic mass is 35.5. The SMILES string of the molecule is CC(C(=O)O)N1CCCC(Cl)C1. The standard InChI is InChI=1S/C8H14ClNO2/c1-6(8(11)12)10-4-2-3-7(9)5-10/h6-7H,2-5H2,1H3,(H,11,12). The molecule has 2 atom stereocenters. The van der Waals surface area contributed by atoms with E-state index in [2.05, 4.69) is 0 Å². The molecule has 1 fully saturated rings. The van der Waals surface area contributed by atoms with Gasteiger partial charge in [-0.25, -0.2) is 0 Å². The quantitative estimate of drug-likeness (QED) is 0.666. The molecular formula is C8H14ClNO2. The minimum atomic E-state index is -0.763. The number of rotatable bonds is 2. The summed E-state index contributed by atoms with van der Waals surface area (Å²) in [6, 6.07) is -0.397. The Balaban J connectivity index is 2.45. The first-order valence-corrected chi connectivity index (χ1v) is 4.66. The molecule has 0 saturated carbocycles. The Morgan fingerprint density at radius 3 is 2.92 bits per heavy atom. The normalized spacial score (nSPS) is 28.3. The van der Waals surface area contributed by atoms with Gasteiger partial charge in [-0.3, -0.25) is 9.69 Å². The van der Waals surface area contributed by atoms with Gasteiger partial charge in [-0.05, 0) is 26.3 Å². The van der Waals surface area contributed by atoms with Crippen LogP contribution in [0.15, 0.2) is 0 Å². The first kappa shape index (κ1) is 9.81. The molecule has 3 nitrogen and oxygen atoms in total. The van der Waals surface area contributed by atoms with Crippen molar-refractivity contribution >= 4 is 17.6 Å². The van der Waals surface area contributed by atoms with E-state index in [1.165, 1.54) is 0 Å². The number of hydrogen-bond acceptors (Lipinski definition) is 2. The molecule has 1 aliphatic rings. The fourth-order valence-corrected chi connectivity index (χ4v) is 1.79. The molecule has 0 aromatic rings. The lowest BCUT2D eigenvalue weighted by Gasteiger charge is -2.32. The predicted molar refractivity (Wildman–Crippen MR) is 47.5 cm³/mol. The molecule has 1 aliphatic heterocycles. The number of halogens is 1. The molecular weight excluding hydrogens is 178 g/mol. The van der Waals surface area contributed by atoms with E-state index in [0.717, 1.165) is 19.4 Å². The van der Waals surface area contributed by atoms with E-state index in [-0.39, 0.29) is 5.38 Å². The highest BCUT2D eigenvalue weighted by molar-refractivity contribution is 6.20. The van der Waals surface area contributed by atoms with Gasteiger partial charge in [0.2, 0.25) is 0 Å². The smallest absolute Gasteiger partial charge is 0.320 e. The summed E-state index contributed by atoms with van der Waals surface area (Å²) in [4.78, 5) is 12.5. The number of carboxylic acid groups (broad SMARTS) is 1. The number of hydrogen-bond donors (Lipinski definition) is 1. The second-order valence-electron chi connectivity index (χ2n) is 3.25. The van der Waals surface area contributed by atoms with Crippen molar-refractivity contribution in [3.05, 3.63) is 0 Å². The van der Waals surface area contributed by atoms with Crippen molar-refractivity contribution < 1.29 is 9.90 Å². The van der Waals surface area contributed by atoms with Crippen LogP contribution in [0.1, 0.15) is 19.8 Å². The van der Waals surface area contributed by atoms with Crippen LogP contribution in [0.4, 0.5) is 0 Å². The maximum atomic E-state index is 10.6. The van der Waals surface area contributed by atoms with Gasteiger partial charge in [0.1, 0.15) is 6.04 Å². The Hall–Kier alpha value is -0.280. The highest BCUT2D eigenvalue weighted by Gasteiger charge is 2.25.